The molecule has 0 aliphatic carbocycles. The van der Waals surface area contributed by atoms with Gasteiger partial charge in [0.1, 0.15) is 0 Å². The van der Waals surface area contributed by atoms with Crippen molar-refractivity contribution in [3.05, 3.63) is 0 Å². The normalized spacial score (nSPS) is 38.3. The van der Waals surface area contributed by atoms with Gasteiger partial charge in [0, 0.05) is 0 Å². The van der Waals surface area contributed by atoms with Gasteiger partial charge in [0.05, 0.1) is 0 Å². The molecule has 0 bridgehead atoms. The van der Waals surface area contributed by atoms with Crippen LogP contribution < -0.4 is 0 Å². The molecule has 1 heterocycles. The van der Waals surface area contributed by atoms with Gasteiger partial charge in [0.2, 0.25) is 0 Å². The van der Waals surface area contributed by atoms with Crippen LogP contribution in [0.3, 0.4) is 0 Å². The van der Waals surface area contributed by atoms with Crippen molar-refractivity contribution in [2.75, 3.05) is 28.2 Å². The van der Waals surface area contributed by atoms with Crippen LogP contribution in [0.5, 0.6) is 0 Å². The van der Waals surface area contributed by atoms with Crippen LogP contribution in [0.4, 0.5) is 8.39 Å². The first-order valence-corrected chi connectivity index (χ1v) is 7.60. The summed E-state index contributed by atoms with van der Waals surface area (Å²) in [5.74, 6) is 0. The Balaban J connectivity index is 3.26. The van der Waals surface area contributed by atoms with Crippen LogP contribution >= 0.6 is 23.9 Å². The summed E-state index contributed by atoms with van der Waals surface area (Å²) >= 11 is 0. The van der Waals surface area contributed by atoms with Crippen LogP contribution in [0.1, 0.15) is 0 Å². The van der Waals surface area contributed by atoms with Gasteiger partial charge in [-0.25, -0.2) is 9.34 Å². The predicted octanol–water partition coefficient (Wildman–Crippen LogP) is 4.00. The summed E-state index contributed by atoms with van der Waals surface area (Å²) in [5.41, 5.74) is 0. The summed E-state index contributed by atoms with van der Waals surface area (Å²) in [4.78, 5) is 0. The lowest BCUT2D eigenvalue weighted by Gasteiger charge is -2.24. The smallest absolute Gasteiger partial charge is 0.232 e. The highest BCUT2D eigenvalue weighted by atomic mass is 31.3. The van der Waals surface area contributed by atoms with Crippen molar-refractivity contribution in [1.29, 1.82) is 0 Å². The molecule has 0 aromatic rings. The van der Waals surface area contributed by atoms with Gasteiger partial charge in [-0.2, -0.15) is 21.9 Å². The van der Waals surface area contributed by atoms with Gasteiger partial charge >= 0.3 is 15.3 Å². The molecule has 5 nitrogen and oxygen atoms in total. The molecule has 0 aromatic heterocycles. The number of nitrogens with zero attached hydrogens (tertiary/aromatic N) is 5. The first-order chi connectivity index (χ1) is 6.30. The van der Waals surface area contributed by atoms with Crippen LogP contribution in [-0.2, 0) is 0 Å². The highest BCUT2D eigenvalue weighted by molar-refractivity contribution is 7.74. The van der Waals surface area contributed by atoms with Crippen LogP contribution in [0.25, 0.3) is 0 Å². The van der Waals surface area contributed by atoms with E-state index < -0.39 is 15.3 Å². The first-order valence-electron chi connectivity index (χ1n) is 3.73. The molecule has 1 aliphatic heterocycles. The molecule has 2 unspecified atom stereocenters. The molecular formula is C4H12F2N5P3. The average molecular weight is 261 g/mol. The number of hydrogen-bond donors (Lipinski definition) is 0. The maximum Gasteiger partial charge on any atom is 0.325 e. The van der Waals surface area contributed by atoms with Crippen molar-refractivity contribution in [1.82, 2.24) is 9.34 Å². The minimum atomic E-state index is -3.50. The topological polar surface area (TPSA) is 43.6 Å². The Bertz CT molecular complexity index is 348. The Kier molecular flexibility index (Phi) is 3.61. The minimum absolute atomic E-state index is 0.0994. The predicted molar refractivity (Wildman–Crippen MR) is 57.6 cm³/mol. The molecule has 0 spiro atoms. The van der Waals surface area contributed by atoms with E-state index in [2.05, 4.69) is 13.5 Å². The van der Waals surface area contributed by atoms with Gasteiger partial charge < -0.3 is 0 Å². The van der Waals surface area contributed by atoms with Gasteiger partial charge in [0.15, 0.2) is 8.52 Å². The van der Waals surface area contributed by atoms with Gasteiger partial charge in [-0.3, -0.25) is 0 Å². The van der Waals surface area contributed by atoms with Crippen molar-refractivity contribution in [2.24, 2.45) is 13.5 Å². The molecule has 1 rings (SSSR count). The van der Waals surface area contributed by atoms with Crippen molar-refractivity contribution in [3.8, 4) is 0 Å². The van der Waals surface area contributed by atoms with Crippen molar-refractivity contribution in [3.63, 3.8) is 0 Å². The zero-order chi connectivity index (χ0) is 11.0. The van der Waals surface area contributed by atoms with E-state index in [0.29, 0.717) is 0 Å². The molecule has 0 saturated heterocycles. The third-order valence-electron chi connectivity index (χ3n) is 1.55. The quantitative estimate of drug-likeness (QED) is 0.705. The van der Waals surface area contributed by atoms with E-state index in [-0.39, 0.29) is 8.52 Å². The van der Waals surface area contributed by atoms with Crippen molar-refractivity contribution >= 4 is 23.9 Å². The van der Waals surface area contributed by atoms with Crippen molar-refractivity contribution in [2.45, 2.75) is 0 Å². The molecule has 14 heavy (non-hydrogen) atoms. The molecule has 0 aromatic carbocycles. The molecule has 10 heteroatoms. The number of halogens is 2. The van der Waals surface area contributed by atoms with E-state index in [9.17, 15) is 8.39 Å². The van der Waals surface area contributed by atoms with Gasteiger partial charge in [-0.1, -0.05) is 0 Å². The summed E-state index contributed by atoms with van der Waals surface area (Å²) in [6.45, 7) is 0. The highest BCUT2D eigenvalue weighted by Gasteiger charge is 2.32. The Hall–Kier alpha value is 0.340. The lowest BCUT2D eigenvalue weighted by atomic mass is 11.3. The lowest BCUT2D eigenvalue weighted by Crippen LogP contribution is -2.07. The Morgan fingerprint density at radius 1 is 1.00 bits per heavy atom. The van der Waals surface area contributed by atoms with E-state index in [0.717, 1.165) is 0 Å². The third kappa shape index (κ3) is 2.29. The van der Waals surface area contributed by atoms with E-state index in [1.54, 1.807) is 0 Å². The summed E-state index contributed by atoms with van der Waals surface area (Å²) in [6, 6.07) is 0. The molecule has 0 fully saturated rings. The fourth-order valence-electron chi connectivity index (χ4n) is 0.620. The summed E-state index contributed by atoms with van der Waals surface area (Å²) in [5, 5.41) is 0. The molecule has 2 atom stereocenters. The molecule has 0 amide bonds. The largest absolute Gasteiger partial charge is 0.325 e. The lowest BCUT2D eigenvalue weighted by molar-refractivity contribution is 0.594. The standard InChI is InChI=1S/C4H12F2N5P3/c1-10(2)13(5)7-12-8-14(6,9-13)11(3)4/h1-4H3. The Morgan fingerprint density at radius 3 is 1.93 bits per heavy atom. The molecule has 1 aliphatic rings. The summed E-state index contributed by atoms with van der Waals surface area (Å²) in [6.07, 6.45) is 0. The molecule has 82 valence electrons. The molecule has 0 saturated carbocycles. The van der Waals surface area contributed by atoms with Crippen LogP contribution in [0, 0.1) is 0 Å². The number of rotatable bonds is 2. The van der Waals surface area contributed by atoms with Gasteiger partial charge in [-0.05, 0) is 28.2 Å². The Labute approximate surface area is 84.0 Å². The first kappa shape index (κ1) is 12.4. The monoisotopic (exact) mass is 261 g/mol. The zero-order valence-corrected chi connectivity index (χ0v) is 11.0. The molecule has 0 N–H and O–H groups in total. The SMILES string of the molecule is CN(C)P1(F)=NP=NP(F)(N(C)C)=N1. The number of hydrogen-bond acceptors (Lipinski definition) is 5. The van der Waals surface area contributed by atoms with Crippen LogP contribution in [-0.4, -0.2) is 37.5 Å². The van der Waals surface area contributed by atoms with E-state index in [1.807, 2.05) is 0 Å². The summed E-state index contributed by atoms with van der Waals surface area (Å²) in [7, 11) is -0.896. The van der Waals surface area contributed by atoms with E-state index in [1.165, 1.54) is 37.5 Å². The van der Waals surface area contributed by atoms with Crippen LogP contribution in [0.15, 0.2) is 13.5 Å². The van der Waals surface area contributed by atoms with Crippen molar-refractivity contribution < 1.29 is 8.39 Å². The highest BCUT2D eigenvalue weighted by Crippen LogP contribution is 2.72. The summed E-state index contributed by atoms with van der Waals surface area (Å²) < 4.78 is 41.1. The van der Waals surface area contributed by atoms with Gasteiger partial charge in [0.25, 0.3) is 0 Å². The maximum atomic E-state index is 13.9. The second-order valence-corrected chi connectivity index (χ2v) is 8.95. The second kappa shape index (κ2) is 4.07. The minimum Gasteiger partial charge on any atom is -0.232 e. The molecule has 0 radical (unpaired) electrons. The average Bonchev–Trinajstić information content (AvgIpc) is 2.03. The molecular weight excluding hydrogens is 249 g/mol. The fourth-order valence-corrected chi connectivity index (χ4v) is 6.55. The van der Waals surface area contributed by atoms with Gasteiger partial charge in [-0.15, -0.1) is 0 Å². The maximum absolute atomic E-state index is 13.9. The zero-order valence-electron chi connectivity index (χ0n) is 8.33. The van der Waals surface area contributed by atoms with E-state index >= 15 is 0 Å². The third-order valence-corrected chi connectivity index (χ3v) is 7.87. The van der Waals surface area contributed by atoms with E-state index in [4.69, 9.17) is 0 Å². The second-order valence-electron chi connectivity index (χ2n) is 3.04. The fraction of sp³-hybridized carbons (Fsp3) is 1.00. The Morgan fingerprint density at radius 2 is 1.50 bits per heavy atom. The van der Waals surface area contributed by atoms with Crippen LogP contribution in [0.2, 0.25) is 0 Å².